The van der Waals surface area contributed by atoms with E-state index in [0.717, 1.165) is 0 Å². The van der Waals surface area contributed by atoms with Crippen molar-refractivity contribution in [1.82, 2.24) is 0 Å². The minimum absolute atomic E-state index is 0.245. The number of rotatable bonds is 6. The van der Waals surface area contributed by atoms with Crippen LogP contribution in [0.25, 0.3) is 0 Å². The summed E-state index contributed by atoms with van der Waals surface area (Å²) in [6, 6.07) is 5.46. The molecule has 0 aliphatic rings. The van der Waals surface area contributed by atoms with Gasteiger partial charge in [-0.25, -0.2) is 12.8 Å². The third-order valence-electron chi connectivity index (χ3n) is 2.98. The Morgan fingerprint density at radius 1 is 1.26 bits per heavy atom. The van der Waals surface area contributed by atoms with E-state index in [2.05, 4.69) is 0 Å². The van der Waals surface area contributed by atoms with Crippen molar-refractivity contribution in [3.05, 3.63) is 29.8 Å². The van der Waals surface area contributed by atoms with Crippen LogP contribution in [0, 0.1) is 0 Å². The van der Waals surface area contributed by atoms with E-state index < -0.39 is 33.9 Å². The first kappa shape index (κ1) is 16.1. The summed E-state index contributed by atoms with van der Waals surface area (Å²) in [5.41, 5.74) is 6.28. The molecule has 1 aromatic carbocycles. The van der Waals surface area contributed by atoms with Crippen molar-refractivity contribution in [2.75, 3.05) is 13.8 Å². The smallest absolute Gasteiger partial charge is 0.180 e. The zero-order valence-corrected chi connectivity index (χ0v) is 12.2. The Morgan fingerprint density at radius 2 is 1.79 bits per heavy atom. The fourth-order valence-electron chi connectivity index (χ4n) is 1.76. The third kappa shape index (κ3) is 3.52. The molecule has 4 nitrogen and oxygen atoms in total. The number of nitrogens with two attached hydrogens (primary N) is 1. The van der Waals surface area contributed by atoms with E-state index in [0.29, 0.717) is 5.56 Å². The largest absolute Gasteiger partial charge is 0.375 e. The molecule has 0 fully saturated rings. The Morgan fingerprint density at radius 3 is 2.16 bits per heavy atom. The van der Waals surface area contributed by atoms with Crippen LogP contribution in [0.4, 0.5) is 4.39 Å². The maximum Gasteiger partial charge on any atom is 0.180 e. The van der Waals surface area contributed by atoms with Gasteiger partial charge in [0.05, 0.1) is 22.3 Å². The Kier molecular flexibility index (Phi) is 5.46. The summed E-state index contributed by atoms with van der Waals surface area (Å²) in [5, 5.41) is -0.482. The fraction of sp³-hybridized carbons (Fsp3) is 0.538. The zero-order valence-electron chi connectivity index (χ0n) is 11.3. The maximum atomic E-state index is 12.6. The van der Waals surface area contributed by atoms with Crippen LogP contribution in [-0.4, -0.2) is 33.5 Å². The molecule has 0 radical (unpaired) electrons. The van der Waals surface area contributed by atoms with Crippen LogP contribution >= 0.6 is 0 Å². The minimum atomic E-state index is -3.30. The van der Waals surface area contributed by atoms with Crippen molar-refractivity contribution in [2.24, 2.45) is 5.73 Å². The second kappa shape index (κ2) is 6.45. The zero-order chi connectivity index (χ0) is 14.6. The summed E-state index contributed by atoms with van der Waals surface area (Å²) in [7, 11) is -1.85. The van der Waals surface area contributed by atoms with Crippen LogP contribution in [-0.2, 0) is 14.6 Å². The van der Waals surface area contributed by atoms with Crippen molar-refractivity contribution in [2.45, 2.75) is 36.1 Å². The first-order valence-corrected chi connectivity index (χ1v) is 7.57. The van der Waals surface area contributed by atoms with Crippen LogP contribution in [0.15, 0.2) is 29.2 Å². The molecule has 0 bridgehead atoms. The first-order valence-electron chi connectivity index (χ1n) is 6.02. The molecule has 0 aliphatic carbocycles. The Balaban J connectivity index is 3.06. The lowest BCUT2D eigenvalue weighted by atomic mass is 10.0. The topological polar surface area (TPSA) is 69.4 Å². The van der Waals surface area contributed by atoms with Crippen LogP contribution in [0.1, 0.15) is 25.5 Å². The molecule has 0 unspecified atom stereocenters. The molecule has 0 heterocycles. The van der Waals surface area contributed by atoms with Gasteiger partial charge < -0.3 is 10.5 Å². The average molecular weight is 289 g/mol. The van der Waals surface area contributed by atoms with Crippen molar-refractivity contribution >= 4 is 9.84 Å². The van der Waals surface area contributed by atoms with Gasteiger partial charge in [-0.2, -0.15) is 0 Å². The molecule has 2 atom stereocenters. The summed E-state index contributed by atoms with van der Waals surface area (Å²) in [6.45, 7) is 2.55. The second-order valence-electron chi connectivity index (χ2n) is 4.64. The van der Waals surface area contributed by atoms with Gasteiger partial charge in [0.15, 0.2) is 9.84 Å². The third-order valence-corrected chi connectivity index (χ3v) is 5.15. The van der Waals surface area contributed by atoms with E-state index >= 15 is 0 Å². The Hall–Kier alpha value is -0.980. The molecule has 0 spiro atoms. The summed E-state index contributed by atoms with van der Waals surface area (Å²) in [6.07, 6.45) is -0.583. The first-order chi connectivity index (χ1) is 8.84. The van der Waals surface area contributed by atoms with E-state index in [1.54, 1.807) is 26.0 Å². The van der Waals surface area contributed by atoms with E-state index in [-0.39, 0.29) is 4.90 Å². The molecule has 2 N–H and O–H groups in total. The maximum absolute atomic E-state index is 12.6. The highest BCUT2D eigenvalue weighted by Gasteiger charge is 2.22. The predicted octanol–water partition coefficient (Wildman–Crippen LogP) is 1.85. The highest BCUT2D eigenvalue weighted by molar-refractivity contribution is 7.92. The minimum Gasteiger partial charge on any atom is -0.375 e. The summed E-state index contributed by atoms with van der Waals surface area (Å²) in [4.78, 5) is 0.245. The molecule has 0 saturated heterocycles. The molecular weight excluding hydrogens is 269 g/mol. The van der Waals surface area contributed by atoms with E-state index in [9.17, 15) is 12.8 Å². The van der Waals surface area contributed by atoms with Crippen molar-refractivity contribution in [3.63, 3.8) is 0 Å². The quantitative estimate of drug-likeness (QED) is 0.867. The number of sulfone groups is 1. The summed E-state index contributed by atoms with van der Waals surface area (Å²) in [5.74, 6) is 0. The molecule has 6 heteroatoms. The van der Waals surface area contributed by atoms with Gasteiger partial charge in [-0.1, -0.05) is 12.1 Å². The fourth-order valence-corrected chi connectivity index (χ4v) is 2.82. The van der Waals surface area contributed by atoms with Gasteiger partial charge in [0.1, 0.15) is 6.67 Å². The van der Waals surface area contributed by atoms with Crippen LogP contribution in [0.2, 0.25) is 0 Å². The number of alkyl halides is 1. The van der Waals surface area contributed by atoms with Gasteiger partial charge in [-0.15, -0.1) is 0 Å². The Labute approximate surface area is 113 Å². The molecule has 0 saturated carbocycles. The standard InChI is InChI=1S/C13H20FNO3S/c1-9(2)19(16,17)11-6-4-10(5-7-11)13(18-3)12(15)8-14/h4-7,9,12-13H,8,15H2,1-3H3/t12-,13-/m1/s1. The van der Waals surface area contributed by atoms with Crippen LogP contribution in [0.5, 0.6) is 0 Å². The lowest BCUT2D eigenvalue weighted by Crippen LogP contribution is -2.31. The highest BCUT2D eigenvalue weighted by Crippen LogP contribution is 2.23. The Bertz CT molecular complexity index is 499. The van der Waals surface area contributed by atoms with Gasteiger partial charge in [0.25, 0.3) is 0 Å². The predicted molar refractivity (Wildman–Crippen MR) is 72.5 cm³/mol. The number of hydrogen-bond acceptors (Lipinski definition) is 4. The molecule has 108 valence electrons. The number of ether oxygens (including phenoxy) is 1. The van der Waals surface area contributed by atoms with E-state index in [1.807, 2.05) is 0 Å². The molecule has 0 amide bonds. The molecule has 19 heavy (non-hydrogen) atoms. The molecule has 0 aromatic heterocycles. The molecular formula is C13H20FNO3S. The van der Waals surface area contributed by atoms with Crippen molar-refractivity contribution in [1.29, 1.82) is 0 Å². The van der Waals surface area contributed by atoms with Crippen molar-refractivity contribution in [3.8, 4) is 0 Å². The van der Waals surface area contributed by atoms with E-state index in [4.69, 9.17) is 10.5 Å². The van der Waals surface area contributed by atoms with Gasteiger partial charge in [0.2, 0.25) is 0 Å². The van der Waals surface area contributed by atoms with Crippen LogP contribution < -0.4 is 5.73 Å². The van der Waals surface area contributed by atoms with Crippen LogP contribution in [0.3, 0.4) is 0 Å². The SMILES string of the molecule is CO[C@H](c1ccc(S(=O)(=O)C(C)C)cc1)[C@H](N)CF. The molecule has 0 aliphatic heterocycles. The summed E-state index contributed by atoms with van der Waals surface area (Å²) >= 11 is 0. The summed E-state index contributed by atoms with van der Waals surface area (Å²) < 4.78 is 41.6. The van der Waals surface area contributed by atoms with Gasteiger partial charge in [-0.3, -0.25) is 0 Å². The number of benzene rings is 1. The monoisotopic (exact) mass is 289 g/mol. The van der Waals surface area contributed by atoms with E-state index in [1.165, 1.54) is 19.2 Å². The normalized spacial score (nSPS) is 15.5. The van der Waals surface area contributed by atoms with Gasteiger partial charge in [-0.05, 0) is 31.5 Å². The number of hydrogen-bond donors (Lipinski definition) is 1. The lowest BCUT2D eigenvalue weighted by molar-refractivity contribution is 0.0720. The van der Waals surface area contributed by atoms with Gasteiger partial charge >= 0.3 is 0 Å². The number of methoxy groups -OCH3 is 1. The second-order valence-corrected chi connectivity index (χ2v) is 7.14. The molecule has 1 aromatic rings. The molecule has 1 rings (SSSR count). The number of halogens is 1. The van der Waals surface area contributed by atoms with Crippen molar-refractivity contribution < 1.29 is 17.5 Å². The average Bonchev–Trinajstić information content (AvgIpc) is 2.39. The lowest BCUT2D eigenvalue weighted by Gasteiger charge is -2.20. The highest BCUT2D eigenvalue weighted by atomic mass is 32.2. The van der Waals surface area contributed by atoms with Gasteiger partial charge in [0, 0.05) is 7.11 Å².